The number of carboxylic acids is 1. The van der Waals surface area contributed by atoms with E-state index in [0.29, 0.717) is 19.3 Å². The van der Waals surface area contributed by atoms with E-state index in [9.17, 15) is 23.2 Å². The van der Waals surface area contributed by atoms with Crippen molar-refractivity contribution in [1.82, 2.24) is 10.6 Å². The Morgan fingerprint density at radius 3 is 2.12 bits per heavy atom. The number of alkyl carbamates (subject to hydrolysis) is 1. The maximum atomic E-state index is 14.3. The van der Waals surface area contributed by atoms with Crippen molar-refractivity contribution in [3.8, 4) is 11.1 Å². The van der Waals surface area contributed by atoms with Crippen LogP contribution in [0.5, 0.6) is 0 Å². The molecule has 0 bridgehead atoms. The predicted molar refractivity (Wildman–Crippen MR) is 115 cm³/mol. The Morgan fingerprint density at radius 1 is 1.03 bits per heavy atom. The molecule has 0 heterocycles. The van der Waals surface area contributed by atoms with Crippen LogP contribution in [0, 0.1) is 0 Å². The van der Waals surface area contributed by atoms with E-state index in [0.717, 1.165) is 22.3 Å². The summed E-state index contributed by atoms with van der Waals surface area (Å²) in [4.78, 5) is 35.2. The molecule has 0 radical (unpaired) electrons. The van der Waals surface area contributed by atoms with Crippen LogP contribution in [0.4, 0.5) is 13.6 Å². The molecule has 174 valence electrons. The standard InChI is InChI=1S/C24H24F2N2O5/c25-24(26,21(31)28-23(10-5-11-23)12-20(29)30)14-27-22(32)33-13-19-17-8-3-1-6-15(17)16-7-2-4-9-18(16)19/h1-4,6-9,19H,5,10-14H2,(H,27,32)(H,28,31)(H,29,30). The van der Waals surface area contributed by atoms with Crippen molar-refractivity contribution in [1.29, 1.82) is 0 Å². The van der Waals surface area contributed by atoms with E-state index >= 15 is 0 Å². The first-order valence-corrected chi connectivity index (χ1v) is 10.7. The highest BCUT2D eigenvalue weighted by Gasteiger charge is 2.47. The molecule has 1 saturated carbocycles. The van der Waals surface area contributed by atoms with Gasteiger partial charge < -0.3 is 20.5 Å². The zero-order valence-corrected chi connectivity index (χ0v) is 17.8. The normalized spacial score (nSPS) is 16.2. The van der Waals surface area contributed by atoms with Gasteiger partial charge in [-0.2, -0.15) is 8.78 Å². The third-order valence-corrected chi connectivity index (χ3v) is 6.31. The van der Waals surface area contributed by atoms with Crippen LogP contribution in [0.3, 0.4) is 0 Å². The number of alkyl halides is 2. The Morgan fingerprint density at radius 2 is 1.61 bits per heavy atom. The molecule has 33 heavy (non-hydrogen) atoms. The molecular formula is C24H24F2N2O5. The van der Waals surface area contributed by atoms with Crippen molar-refractivity contribution in [3.05, 3.63) is 59.7 Å². The quantitative estimate of drug-likeness (QED) is 0.560. The average molecular weight is 458 g/mol. The lowest BCUT2D eigenvalue weighted by molar-refractivity contribution is -0.150. The first-order chi connectivity index (χ1) is 15.7. The second kappa shape index (κ2) is 8.80. The van der Waals surface area contributed by atoms with Crippen LogP contribution >= 0.6 is 0 Å². The molecule has 0 atom stereocenters. The highest BCUT2D eigenvalue weighted by molar-refractivity contribution is 5.86. The highest BCUT2D eigenvalue weighted by atomic mass is 19.3. The second-order valence-electron chi connectivity index (χ2n) is 8.54. The van der Waals surface area contributed by atoms with Crippen molar-refractivity contribution < 1.29 is 33.0 Å². The molecule has 0 aromatic heterocycles. The van der Waals surface area contributed by atoms with Crippen LogP contribution < -0.4 is 10.6 Å². The number of hydrogen-bond acceptors (Lipinski definition) is 4. The lowest BCUT2D eigenvalue weighted by Gasteiger charge is -2.42. The molecular weight excluding hydrogens is 434 g/mol. The van der Waals surface area contributed by atoms with Gasteiger partial charge in [-0.15, -0.1) is 0 Å². The van der Waals surface area contributed by atoms with Gasteiger partial charge in [0.1, 0.15) is 6.61 Å². The molecule has 1 fully saturated rings. The number of amides is 2. The Bertz CT molecular complexity index is 1040. The maximum absolute atomic E-state index is 14.3. The predicted octanol–water partition coefficient (Wildman–Crippen LogP) is 3.67. The molecule has 2 amide bonds. The van der Waals surface area contributed by atoms with Gasteiger partial charge >= 0.3 is 18.0 Å². The molecule has 2 aliphatic carbocycles. The molecule has 4 rings (SSSR count). The average Bonchev–Trinajstić information content (AvgIpc) is 3.08. The van der Waals surface area contributed by atoms with Crippen molar-refractivity contribution >= 4 is 18.0 Å². The number of halogens is 2. The fraction of sp³-hybridized carbons (Fsp3) is 0.375. The van der Waals surface area contributed by atoms with Crippen molar-refractivity contribution in [2.75, 3.05) is 13.2 Å². The summed E-state index contributed by atoms with van der Waals surface area (Å²) in [7, 11) is 0. The van der Waals surface area contributed by atoms with E-state index in [-0.39, 0.29) is 12.5 Å². The third-order valence-electron chi connectivity index (χ3n) is 6.31. The Labute approximate surface area is 189 Å². The van der Waals surface area contributed by atoms with E-state index in [1.165, 1.54) is 0 Å². The number of rotatable bonds is 8. The van der Waals surface area contributed by atoms with Gasteiger partial charge in [0, 0.05) is 5.92 Å². The summed E-state index contributed by atoms with van der Waals surface area (Å²) < 4.78 is 33.8. The zero-order valence-electron chi connectivity index (χ0n) is 17.8. The SMILES string of the molecule is O=C(O)CC1(NC(=O)C(F)(F)CNC(=O)OCC2c3ccccc3-c3ccccc32)CCC1. The molecule has 2 aromatic rings. The summed E-state index contributed by atoms with van der Waals surface area (Å²) in [5.41, 5.74) is 2.89. The summed E-state index contributed by atoms with van der Waals surface area (Å²) in [6.07, 6.45) is -0.193. The fourth-order valence-corrected chi connectivity index (χ4v) is 4.48. The summed E-state index contributed by atoms with van der Waals surface area (Å²) in [6.45, 7) is -1.29. The van der Waals surface area contributed by atoms with Gasteiger partial charge in [-0.25, -0.2) is 4.79 Å². The number of carbonyl (C=O) groups excluding carboxylic acids is 2. The maximum Gasteiger partial charge on any atom is 0.407 e. The molecule has 2 aliphatic rings. The van der Waals surface area contributed by atoms with E-state index in [1.54, 1.807) is 0 Å². The van der Waals surface area contributed by atoms with E-state index in [4.69, 9.17) is 9.84 Å². The number of carbonyl (C=O) groups is 3. The summed E-state index contributed by atoms with van der Waals surface area (Å²) in [6, 6.07) is 15.4. The van der Waals surface area contributed by atoms with Crippen molar-refractivity contribution in [2.24, 2.45) is 0 Å². The van der Waals surface area contributed by atoms with E-state index in [2.05, 4.69) is 5.32 Å². The number of nitrogens with one attached hydrogen (secondary N) is 2. The minimum absolute atomic E-state index is 0.0423. The number of hydrogen-bond donors (Lipinski definition) is 3. The van der Waals surface area contributed by atoms with Gasteiger partial charge in [-0.1, -0.05) is 48.5 Å². The minimum Gasteiger partial charge on any atom is -0.481 e. The fourth-order valence-electron chi connectivity index (χ4n) is 4.48. The van der Waals surface area contributed by atoms with Crippen molar-refractivity contribution in [3.63, 3.8) is 0 Å². The van der Waals surface area contributed by atoms with Gasteiger partial charge in [0.15, 0.2) is 0 Å². The van der Waals surface area contributed by atoms with E-state index in [1.807, 2.05) is 53.8 Å². The molecule has 0 aliphatic heterocycles. The number of aliphatic carboxylic acids is 1. The monoisotopic (exact) mass is 458 g/mol. The van der Waals surface area contributed by atoms with Crippen molar-refractivity contribution in [2.45, 2.75) is 43.1 Å². The number of ether oxygens (including phenoxy) is 1. The molecule has 0 saturated heterocycles. The highest BCUT2D eigenvalue weighted by Crippen LogP contribution is 2.44. The first kappa shape index (κ1) is 22.7. The van der Waals surface area contributed by atoms with Crippen LogP contribution in [-0.2, 0) is 14.3 Å². The van der Waals surface area contributed by atoms with Gasteiger partial charge in [-0.3, -0.25) is 9.59 Å². The summed E-state index contributed by atoms with van der Waals surface area (Å²) >= 11 is 0. The molecule has 0 spiro atoms. The molecule has 0 unspecified atom stereocenters. The first-order valence-electron chi connectivity index (χ1n) is 10.7. The van der Waals surface area contributed by atoms with Crippen LogP contribution in [0.2, 0.25) is 0 Å². The van der Waals surface area contributed by atoms with Crippen LogP contribution in [0.25, 0.3) is 11.1 Å². The second-order valence-corrected chi connectivity index (χ2v) is 8.54. The lowest BCUT2D eigenvalue weighted by Crippen LogP contribution is -2.60. The van der Waals surface area contributed by atoms with Crippen LogP contribution in [0.15, 0.2) is 48.5 Å². The zero-order chi connectivity index (χ0) is 23.6. The third kappa shape index (κ3) is 4.67. The van der Waals surface area contributed by atoms with E-state index < -0.39 is 42.4 Å². The number of fused-ring (bicyclic) bond motifs is 3. The Kier molecular flexibility index (Phi) is 6.05. The van der Waals surface area contributed by atoms with Gasteiger partial charge in [0.05, 0.1) is 18.5 Å². The summed E-state index contributed by atoms with van der Waals surface area (Å²) in [5.74, 6) is -6.91. The topological polar surface area (TPSA) is 105 Å². The molecule has 7 nitrogen and oxygen atoms in total. The number of carboxylic acid groups (broad SMARTS) is 1. The van der Waals surface area contributed by atoms with Crippen LogP contribution in [-0.4, -0.2) is 47.7 Å². The molecule has 3 N–H and O–H groups in total. The Hall–Kier alpha value is -3.49. The van der Waals surface area contributed by atoms with Crippen LogP contribution in [0.1, 0.15) is 42.7 Å². The minimum atomic E-state index is -3.91. The summed E-state index contributed by atoms with van der Waals surface area (Å²) in [5, 5.41) is 13.1. The smallest absolute Gasteiger partial charge is 0.407 e. The number of benzene rings is 2. The van der Waals surface area contributed by atoms with Gasteiger partial charge in [-0.05, 0) is 41.5 Å². The van der Waals surface area contributed by atoms with Gasteiger partial charge in [0.25, 0.3) is 5.91 Å². The Balaban J connectivity index is 1.32. The van der Waals surface area contributed by atoms with Gasteiger partial charge in [0.2, 0.25) is 0 Å². The molecule has 9 heteroatoms. The lowest BCUT2D eigenvalue weighted by atomic mass is 9.74. The molecule has 2 aromatic carbocycles. The largest absolute Gasteiger partial charge is 0.481 e.